The van der Waals surface area contributed by atoms with Crippen molar-refractivity contribution in [2.45, 2.75) is 26.4 Å². The lowest BCUT2D eigenvalue weighted by molar-refractivity contribution is -0.132. The Balaban J connectivity index is 1.50. The molecular formula is C22H20N4O2. The van der Waals surface area contributed by atoms with Crippen LogP contribution < -0.4 is 5.56 Å². The zero-order valence-electron chi connectivity index (χ0n) is 15.6. The largest absolute Gasteiger partial charge is 0.335 e. The van der Waals surface area contributed by atoms with Gasteiger partial charge in [-0.15, -0.1) is 0 Å². The van der Waals surface area contributed by atoms with Gasteiger partial charge in [-0.2, -0.15) is 0 Å². The van der Waals surface area contributed by atoms with Crippen LogP contribution in [0.15, 0.2) is 53.3 Å². The fourth-order valence-corrected chi connectivity index (χ4v) is 4.19. The smallest absolute Gasteiger partial charge is 0.254 e. The summed E-state index contributed by atoms with van der Waals surface area (Å²) in [5.41, 5.74) is 3.44. The molecule has 1 amide bonds. The highest BCUT2D eigenvalue weighted by molar-refractivity contribution is 6.08. The summed E-state index contributed by atoms with van der Waals surface area (Å²) in [4.78, 5) is 34.2. The van der Waals surface area contributed by atoms with Gasteiger partial charge in [0.05, 0.1) is 12.2 Å². The number of fused-ring (bicyclic) bond motifs is 4. The minimum absolute atomic E-state index is 0.0388. The normalized spacial score (nSPS) is 13.8. The molecule has 5 rings (SSSR count). The van der Waals surface area contributed by atoms with Crippen LogP contribution in [0.4, 0.5) is 0 Å². The molecule has 0 saturated heterocycles. The van der Waals surface area contributed by atoms with E-state index in [9.17, 15) is 9.59 Å². The van der Waals surface area contributed by atoms with Crippen molar-refractivity contribution in [3.63, 3.8) is 0 Å². The zero-order chi connectivity index (χ0) is 19.3. The Morgan fingerprint density at radius 2 is 1.71 bits per heavy atom. The summed E-state index contributed by atoms with van der Waals surface area (Å²) in [5.74, 6) is 0.623. The third-order valence-electron chi connectivity index (χ3n) is 5.52. The molecule has 0 fully saturated rings. The Bertz CT molecular complexity index is 1230. The number of para-hydroxylation sites is 2. The van der Waals surface area contributed by atoms with Crippen molar-refractivity contribution in [1.29, 1.82) is 0 Å². The molecule has 0 saturated carbocycles. The van der Waals surface area contributed by atoms with Crippen molar-refractivity contribution in [3.8, 4) is 0 Å². The van der Waals surface area contributed by atoms with Gasteiger partial charge in [-0.25, -0.2) is 4.98 Å². The molecule has 0 radical (unpaired) electrons. The Morgan fingerprint density at radius 3 is 2.39 bits per heavy atom. The topological polar surface area (TPSA) is 71.0 Å². The predicted molar refractivity (Wildman–Crippen MR) is 108 cm³/mol. The van der Waals surface area contributed by atoms with Crippen molar-refractivity contribution in [1.82, 2.24) is 19.4 Å². The minimum atomic E-state index is -0.0861. The lowest BCUT2D eigenvalue weighted by Crippen LogP contribution is -2.40. The van der Waals surface area contributed by atoms with Crippen molar-refractivity contribution < 1.29 is 4.79 Å². The summed E-state index contributed by atoms with van der Waals surface area (Å²) in [6.45, 7) is 2.96. The molecular weight excluding hydrogens is 352 g/mol. The third kappa shape index (κ3) is 2.60. The molecule has 6 nitrogen and oxygen atoms in total. The van der Waals surface area contributed by atoms with Crippen LogP contribution in [-0.4, -0.2) is 31.9 Å². The van der Waals surface area contributed by atoms with Crippen LogP contribution in [-0.2, 0) is 24.3 Å². The first-order chi connectivity index (χ1) is 13.6. The fourth-order valence-electron chi connectivity index (χ4n) is 4.19. The quantitative estimate of drug-likeness (QED) is 0.588. The zero-order valence-corrected chi connectivity index (χ0v) is 15.6. The number of aromatic amines is 1. The standard InChI is InChI=1S/C22H20N4O2/c1-14-23-18-12-25(11-10-17(18)22(28)24-14)21(27)13-26-19-8-4-2-6-15(19)16-7-3-5-9-20(16)26/h2-9H,10-13H2,1H3,(H,23,24,28). The van der Waals surface area contributed by atoms with E-state index in [2.05, 4.69) is 38.8 Å². The van der Waals surface area contributed by atoms with Gasteiger partial charge < -0.3 is 14.5 Å². The van der Waals surface area contributed by atoms with E-state index in [1.54, 1.807) is 11.8 Å². The maximum absolute atomic E-state index is 13.1. The van der Waals surface area contributed by atoms with Crippen molar-refractivity contribution in [3.05, 3.63) is 76.0 Å². The summed E-state index contributed by atoms with van der Waals surface area (Å²) in [7, 11) is 0. The molecule has 0 spiro atoms. The van der Waals surface area contributed by atoms with Crippen molar-refractivity contribution in [2.75, 3.05) is 6.54 Å². The number of amides is 1. The fraction of sp³-hybridized carbons (Fsp3) is 0.227. The minimum Gasteiger partial charge on any atom is -0.335 e. The van der Waals surface area contributed by atoms with Gasteiger partial charge in [0, 0.05) is 33.9 Å². The highest BCUT2D eigenvalue weighted by atomic mass is 16.2. The Morgan fingerprint density at radius 1 is 1.07 bits per heavy atom. The van der Waals surface area contributed by atoms with E-state index < -0.39 is 0 Å². The van der Waals surface area contributed by atoms with Crippen LogP contribution in [0.25, 0.3) is 21.8 Å². The predicted octanol–water partition coefficient (Wildman–Crippen LogP) is 2.77. The third-order valence-corrected chi connectivity index (χ3v) is 5.52. The van der Waals surface area contributed by atoms with Crippen LogP contribution >= 0.6 is 0 Å². The highest BCUT2D eigenvalue weighted by Gasteiger charge is 2.25. The molecule has 0 aliphatic carbocycles. The molecule has 0 atom stereocenters. The first-order valence-electron chi connectivity index (χ1n) is 9.44. The maximum Gasteiger partial charge on any atom is 0.254 e. The molecule has 2 aromatic heterocycles. The molecule has 4 aromatic rings. The first-order valence-corrected chi connectivity index (χ1v) is 9.44. The number of carbonyl (C=O) groups is 1. The molecule has 2 aromatic carbocycles. The number of H-pyrrole nitrogens is 1. The van der Waals surface area contributed by atoms with Crippen LogP contribution in [0, 0.1) is 6.92 Å². The van der Waals surface area contributed by atoms with Gasteiger partial charge in [0.2, 0.25) is 5.91 Å². The maximum atomic E-state index is 13.1. The number of aromatic nitrogens is 3. The summed E-state index contributed by atoms with van der Waals surface area (Å²) in [6, 6.07) is 16.3. The molecule has 3 heterocycles. The lowest BCUT2D eigenvalue weighted by Gasteiger charge is -2.28. The van der Waals surface area contributed by atoms with E-state index in [4.69, 9.17) is 0 Å². The van der Waals surface area contributed by atoms with E-state index in [0.717, 1.165) is 21.8 Å². The van der Waals surface area contributed by atoms with E-state index in [1.807, 2.05) is 24.3 Å². The molecule has 1 aliphatic rings. The molecule has 140 valence electrons. The average molecular weight is 372 g/mol. The number of hydrogen-bond donors (Lipinski definition) is 1. The molecule has 6 heteroatoms. The molecule has 0 unspecified atom stereocenters. The number of nitrogens with zero attached hydrogens (tertiary/aromatic N) is 3. The Labute approximate surface area is 161 Å². The second kappa shape index (κ2) is 6.34. The first kappa shape index (κ1) is 16.7. The number of rotatable bonds is 2. The number of benzene rings is 2. The van der Waals surface area contributed by atoms with Crippen molar-refractivity contribution in [2.24, 2.45) is 0 Å². The molecule has 0 bridgehead atoms. The molecule has 1 N–H and O–H groups in total. The van der Waals surface area contributed by atoms with Gasteiger partial charge in [0.25, 0.3) is 5.56 Å². The summed E-state index contributed by atoms with van der Waals surface area (Å²) >= 11 is 0. The van der Waals surface area contributed by atoms with E-state index >= 15 is 0 Å². The van der Waals surface area contributed by atoms with Gasteiger partial charge in [-0.1, -0.05) is 36.4 Å². The second-order valence-electron chi connectivity index (χ2n) is 7.26. The highest BCUT2D eigenvalue weighted by Crippen LogP contribution is 2.29. The number of carbonyl (C=O) groups excluding carboxylic acids is 1. The summed E-state index contributed by atoms with van der Waals surface area (Å²) in [5, 5.41) is 2.30. The summed E-state index contributed by atoms with van der Waals surface area (Å²) < 4.78 is 2.08. The van der Waals surface area contributed by atoms with E-state index in [0.29, 0.717) is 36.6 Å². The van der Waals surface area contributed by atoms with Crippen molar-refractivity contribution >= 4 is 27.7 Å². The SMILES string of the molecule is Cc1nc2c(c(=O)[nH]1)CCN(C(=O)Cn1c3ccccc3c3ccccc31)C2. The van der Waals surface area contributed by atoms with Crippen LogP contribution in [0.3, 0.4) is 0 Å². The number of aryl methyl sites for hydroxylation is 1. The Kier molecular flexibility index (Phi) is 3.79. The van der Waals surface area contributed by atoms with Crippen LogP contribution in [0.2, 0.25) is 0 Å². The lowest BCUT2D eigenvalue weighted by atomic mass is 10.1. The van der Waals surface area contributed by atoms with Gasteiger partial charge in [0.1, 0.15) is 12.4 Å². The van der Waals surface area contributed by atoms with E-state index in [1.165, 1.54) is 0 Å². The van der Waals surface area contributed by atoms with Gasteiger partial charge >= 0.3 is 0 Å². The van der Waals surface area contributed by atoms with E-state index in [-0.39, 0.29) is 18.0 Å². The van der Waals surface area contributed by atoms with Crippen LogP contribution in [0.1, 0.15) is 17.1 Å². The molecule has 1 aliphatic heterocycles. The second-order valence-corrected chi connectivity index (χ2v) is 7.26. The van der Waals surface area contributed by atoms with Gasteiger partial charge in [-0.05, 0) is 25.5 Å². The Hall–Kier alpha value is -3.41. The monoisotopic (exact) mass is 372 g/mol. The van der Waals surface area contributed by atoms with Gasteiger partial charge in [-0.3, -0.25) is 9.59 Å². The van der Waals surface area contributed by atoms with Gasteiger partial charge in [0.15, 0.2) is 0 Å². The molecule has 28 heavy (non-hydrogen) atoms. The van der Waals surface area contributed by atoms with Crippen LogP contribution in [0.5, 0.6) is 0 Å². The number of nitrogens with one attached hydrogen (secondary N) is 1. The number of hydrogen-bond acceptors (Lipinski definition) is 3. The summed E-state index contributed by atoms with van der Waals surface area (Å²) in [6.07, 6.45) is 0.539. The average Bonchev–Trinajstić information content (AvgIpc) is 3.01.